The summed E-state index contributed by atoms with van der Waals surface area (Å²) in [7, 11) is 0. The lowest BCUT2D eigenvalue weighted by Gasteiger charge is -2.18. The summed E-state index contributed by atoms with van der Waals surface area (Å²) in [6, 6.07) is 0. The maximum absolute atomic E-state index is 12.7. The molecule has 0 aromatic heterocycles. The number of rotatable bonds is 45. The predicted octanol–water partition coefficient (Wildman–Crippen LogP) is 16.6. The van der Waals surface area contributed by atoms with E-state index in [1.165, 1.54) is 116 Å². The highest BCUT2D eigenvalue weighted by Crippen LogP contribution is 2.15. The van der Waals surface area contributed by atoms with Gasteiger partial charge in [-0.15, -0.1) is 0 Å². The standard InChI is InChI=1S/C55H94O6/c1-4-7-10-13-16-19-22-25-27-29-30-33-36-39-42-45-48-54(57)60-51-52(50-59-53(56)47-44-41-38-35-32-24-21-18-15-12-9-6-3)61-55(58)49-46-43-40-37-34-31-28-26-23-20-17-14-11-8-5-2/h8,11,17-18,20-21,26,28,34,37,43,46,52H,4-7,9-10,12-16,19,22-25,27,29-33,35-36,38-42,44-45,47-51H2,1-3H3/b11-8-,20-17-,21-18-,28-26-,37-34-,46-43-. The average molecular weight is 851 g/mol. The number of ether oxygens (including phenoxy) is 3. The molecule has 0 saturated heterocycles. The SMILES string of the molecule is CC/C=C\C/C=C\C/C=C\C/C=C\C/C=C\CC(=O)OC(COC(=O)CCCCCCC/C=C\CCCCC)COC(=O)CCCCCCCCCCCCCCCCCC. The van der Waals surface area contributed by atoms with E-state index in [0.29, 0.717) is 12.8 Å². The average Bonchev–Trinajstić information content (AvgIpc) is 3.26. The Hall–Kier alpha value is -3.15. The van der Waals surface area contributed by atoms with Crippen molar-refractivity contribution in [2.24, 2.45) is 0 Å². The fourth-order valence-corrected chi connectivity index (χ4v) is 6.92. The first-order valence-electron chi connectivity index (χ1n) is 25.4. The van der Waals surface area contributed by atoms with Gasteiger partial charge in [0.1, 0.15) is 13.2 Å². The molecule has 0 bridgehead atoms. The van der Waals surface area contributed by atoms with Crippen molar-refractivity contribution in [3.8, 4) is 0 Å². The number of unbranched alkanes of at least 4 members (excludes halogenated alkanes) is 23. The van der Waals surface area contributed by atoms with Crippen LogP contribution in [0, 0.1) is 0 Å². The second kappa shape index (κ2) is 49.5. The van der Waals surface area contributed by atoms with Gasteiger partial charge >= 0.3 is 17.9 Å². The van der Waals surface area contributed by atoms with Crippen LogP contribution < -0.4 is 0 Å². The van der Waals surface area contributed by atoms with Gasteiger partial charge < -0.3 is 14.2 Å². The van der Waals surface area contributed by atoms with Crippen LogP contribution in [0.5, 0.6) is 0 Å². The molecule has 0 rings (SSSR count). The molecule has 0 saturated carbocycles. The van der Waals surface area contributed by atoms with Crippen molar-refractivity contribution in [1.29, 1.82) is 0 Å². The zero-order valence-electron chi connectivity index (χ0n) is 39.9. The van der Waals surface area contributed by atoms with Crippen LogP contribution in [0.4, 0.5) is 0 Å². The van der Waals surface area contributed by atoms with E-state index in [9.17, 15) is 14.4 Å². The van der Waals surface area contributed by atoms with Gasteiger partial charge in [0, 0.05) is 12.8 Å². The number of hydrogen-bond donors (Lipinski definition) is 0. The van der Waals surface area contributed by atoms with Gasteiger partial charge in [-0.05, 0) is 70.6 Å². The van der Waals surface area contributed by atoms with Crippen molar-refractivity contribution in [2.75, 3.05) is 13.2 Å². The molecule has 0 amide bonds. The molecule has 0 spiro atoms. The second-order valence-electron chi connectivity index (χ2n) is 16.7. The first-order valence-corrected chi connectivity index (χ1v) is 25.4. The van der Waals surface area contributed by atoms with Gasteiger partial charge in [-0.3, -0.25) is 14.4 Å². The first-order chi connectivity index (χ1) is 30.0. The van der Waals surface area contributed by atoms with Crippen LogP contribution >= 0.6 is 0 Å². The van der Waals surface area contributed by atoms with Crippen molar-refractivity contribution in [2.45, 2.75) is 245 Å². The van der Waals surface area contributed by atoms with E-state index < -0.39 is 12.1 Å². The maximum Gasteiger partial charge on any atom is 0.310 e. The van der Waals surface area contributed by atoms with Gasteiger partial charge in [0.2, 0.25) is 0 Å². The van der Waals surface area contributed by atoms with Crippen molar-refractivity contribution >= 4 is 17.9 Å². The van der Waals surface area contributed by atoms with Crippen LogP contribution in [0.15, 0.2) is 72.9 Å². The Morgan fingerprint density at radius 2 is 0.689 bits per heavy atom. The third-order valence-electron chi connectivity index (χ3n) is 10.7. The number of carbonyl (C=O) groups excluding carboxylic acids is 3. The van der Waals surface area contributed by atoms with E-state index >= 15 is 0 Å². The fraction of sp³-hybridized carbons (Fsp3) is 0.727. The largest absolute Gasteiger partial charge is 0.462 e. The molecule has 61 heavy (non-hydrogen) atoms. The number of carbonyl (C=O) groups is 3. The Kier molecular flexibility index (Phi) is 46.9. The summed E-state index contributed by atoms with van der Waals surface area (Å²) in [6.45, 7) is 6.41. The van der Waals surface area contributed by atoms with Crippen molar-refractivity contribution < 1.29 is 28.6 Å². The van der Waals surface area contributed by atoms with Gasteiger partial charge in [0.25, 0.3) is 0 Å². The molecule has 1 atom stereocenters. The fourth-order valence-electron chi connectivity index (χ4n) is 6.92. The molecule has 0 N–H and O–H groups in total. The summed E-state index contributed by atoms with van der Waals surface area (Å²) in [4.78, 5) is 37.9. The highest BCUT2D eigenvalue weighted by atomic mass is 16.6. The van der Waals surface area contributed by atoms with Crippen LogP contribution in [0.2, 0.25) is 0 Å². The monoisotopic (exact) mass is 851 g/mol. The van der Waals surface area contributed by atoms with E-state index in [0.717, 1.165) is 83.5 Å². The van der Waals surface area contributed by atoms with Crippen LogP contribution in [0.3, 0.4) is 0 Å². The first kappa shape index (κ1) is 57.9. The molecule has 0 heterocycles. The van der Waals surface area contributed by atoms with E-state index in [1.54, 1.807) is 6.08 Å². The molecule has 0 aliphatic heterocycles. The van der Waals surface area contributed by atoms with E-state index in [1.807, 2.05) is 6.08 Å². The van der Waals surface area contributed by atoms with Gasteiger partial charge in [0.15, 0.2) is 6.10 Å². The van der Waals surface area contributed by atoms with Gasteiger partial charge in [-0.2, -0.15) is 0 Å². The third kappa shape index (κ3) is 47.7. The number of esters is 3. The quantitative estimate of drug-likeness (QED) is 0.0263. The van der Waals surface area contributed by atoms with Gasteiger partial charge in [-0.1, -0.05) is 222 Å². The lowest BCUT2D eigenvalue weighted by Crippen LogP contribution is -2.30. The molecule has 0 aliphatic carbocycles. The van der Waals surface area contributed by atoms with Crippen LogP contribution in [0.1, 0.15) is 239 Å². The zero-order valence-corrected chi connectivity index (χ0v) is 39.9. The summed E-state index contributed by atoms with van der Waals surface area (Å²) in [5, 5.41) is 0. The molecular weight excluding hydrogens is 757 g/mol. The van der Waals surface area contributed by atoms with Gasteiger partial charge in [0.05, 0.1) is 6.42 Å². The number of allylic oxidation sites excluding steroid dienone is 11. The molecule has 1 unspecified atom stereocenters. The molecule has 6 heteroatoms. The van der Waals surface area contributed by atoms with Crippen molar-refractivity contribution in [1.82, 2.24) is 0 Å². The van der Waals surface area contributed by atoms with Crippen LogP contribution in [-0.4, -0.2) is 37.2 Å². The smallest absolute Gasteiger partial charge is 0.310 e. The van der Waals surface area contributed by atoms with E-state index in [2.05, 4.69) is 81.5 Å². The van der Waals surface area contributed by atoms with Gasteiger partial charge in [-0.25, -0.2) is 0 Å². The van der Waals surface area contributed by atoms with Crippen molar-refractivity contribution in [3.63, 3.8) is 0 Å². The highest BCUT2D eigenvalue weighted by Gasteiger charge is 2.19. The molecule has 0 fully saturated rings. The van der Waals surface area contributed by atoms with Crippen LogP contribution in [0.25, 0.3) is 0 Å². The van der Waals surface area contributed by atoms with Crippen molar-refractivity contribution in [3.05, 3.63) is 72.9 Å². The lowest BCUT2D eigenvalue weighted by molar-refractivity contribution is -0.166. The molecule has 0 aliphatic rings. The van der Waals surface area contributed by atoms with E-state index in [-0.39, 0.29) is 31.6 Å². The second-order valence-corrected chi connectivity index (χ2v) is 16.7. The minimum atomic E-state index is -0.830. The molecule has 0 aromatic carbocycles. The number of hydrogen-bond acceptors (Lipinski definition) is 6. The third-order valence-corrected chi connectivity index (χ3v) is 10.7. The molecule has 350 valence electrons. The Morgan fingerprint density at radius 3 is 1.10 bits per heavy atom. The Morgan fingerprint density at radius 1 is 0.361 bits per heavy atom. The summed E-state index contributed by atoms with van der Waals surface area (Å²) in [5.74, 6) is -1.05. The minimum Gasteiger partial charge on any atom is -0.462 e. The Balaban J connectivity index is 4.49. The van der Waals surface area contributed by atoms with E-state index in [4.69, 9.17) is 14.2 Å². The van der Waals surface area contributed by atoms with Crippen LogP contribution in [-0.2, 0) is 28.6 Å². The minimum absolute atomic E-state index is 0.0970. The summed E-state index contributed by atoms with van der Waals surface area (Å²) >= 11 is 0. The summed E-state index contributed by atoms with van der Waals surface area (Å²) in [5.41, 5.74) is 0. The topological polar surface area (TPSA) is 78.9 Å². The lowest BCUT2D eigenvalue weighted by atomic mass is 10.0. The normalized spacial score (nSPS) is 12.6. The predicted molar refractivity (Wildman–Crippen MR) is 261 cm³/mol. The molecular formula is C55H94O6. The molecule has 6 nitrogen and oxygen atoms in total. The Labute approximate surface area is 376 Å². The summed E-state index contributed by atoms with van der Waals surface area (Å²) < 4.78 is 16.7. The zero-order chi connectivity index (χ0) is 44.4. The Bertz CT molecular complexity index is 1160. The maximum atomic E-state index is 12.7. The molecule has 0 aromatic rings. The molecule has 0 radical (unpaired) electrons. The highest BCUT2D eigenvalue weighted by molar-refractivity contribution is 5.72. The summed E-state index contributed by atoms with van der Waals surface area (Å²) in [6.07, 6.45) is 62.0.